The van der Waals surface area contributed by atoms with E-state index in [1.165, 1.54) is 0 Å². The Morgan fingerprint density at radius 1 is 1.18 bits per heavy atom. The molecule has 2 aliphatic rings. The molecular formula is C14H20O3. The van der Waals surface area contributed by atoms with Crippen LogP contribution < -0.4 is 0 Å². The molecule has 0 N–H and O–H groups in total. The highest BCUT2D eigenvalue weighted by Crippen LogP contribution is 2.54. The summed E-state index contributed by atoms with van der Waals surface area (Å²) in [6.07, 6.45) is 7.07. The lowest BCUT2D eigenvalue weighted by Crippen LogP contribution is -2.50. The molecule has 3 heteroatoms. The van der Waals surface area contributed by atoms with Crippen LogP contribution in [-0.2, 0) is 14.3 Å². The van der Waals surface area contributed by atoms with Gasteiger partial charge in [-0.15, -0.1) is 13.2 Å². The van der Waals surface area contributed by atoms with Gasteiger partial charge in [0.25, 0.3) is 0 Å². The highest BCUT2D eigenvalue weighted by atomic mass is 16.7. The van der Waals surface area contributed by atoms with Gasteiger partial charge in [0, 0.05) is 12.8 Å². The summed E-state index contributed by atoms with van der Waals surface area (Å²) in [5.74, 6) is -0.520. The van der Waals surface area contributed by atoms with Gasteiger partial charge < -0.3 is 9.47 Å². The number of hydrogen-bond acceptors (Lipinski definition) is 3. The fourth-order valence-electron chi connectivity index (χ4n) is 3.22. The van der Waals surface area contributed by atoms with E-state index >= 15 is 0 Å². The molecule has 1 saturated heterocycles. The Morgan fingerprint density at radius 2 is 1.88 bits per heavy atom. The second-order valence-corrected chi connectivity index (χ2v) is 4.79. The third kappa shape index (κ3) is 1.78. The smallest absolute Gasteiger partial charge is 0.181 e. The summed E-state index contributed by atoms with van der Waals surface area (Å²) in [7, 11) is 0. The Balaban J connectivity index is 2.34. The Labute approximate surface area is 102 Å². The largest absolute Gasteiger partial charge is 0.346 e. The minimum absolute atomic E-state index is 0.173. The van der Waals surface area contributed by atoms with Crippen molar-refractivity contribution in [3.05, 3.63) is 25.3 Å². The van der Waals surface area contributed by atoms with Crippen molar-refractivity contribution in [2.75, 3.05) is 13.2 Å². The van der Waals surface area contributed by atoms with Gasteiger partial charge in [-0.3, -0.25) is 4.79 Å². The summed E-state index contributed by atoms with van der Waals surface area (Å²) < 4.78 is 11.6. The van der Waals surface area contributed by atoms with E-state index in [4.69, 9.17) is 9.47 Å². The molecule has 0 aromatic heterocycles. The van der Waals surface area contributed by atoms with Gasteiger partial charge in [-0.2, -0.15) is 0 Å². The first-order chi connectivity index (χ1) is 8.21. The maximum atomic E-state index is 12.4. The molecule has 3 nitrogen and oxygen atoms in total. The number of hydrogen-bond donors (Lipinski definition) is 0. The molecular weight excluding hydrogens is 216 g/mol. The van der Waals surface area contributed by atoms with E-state index in [0.717, 1.165) is 19.3 Å². The van der Waals surface area contributed by atoms with E-state index < -0.39 is 11.2 Å². The normalized spacial score (nSPS) is 30.6. The van der Waals surface area contributed by atoms with Gasteiger partial charge in [-0.25, -0.2) is 0 Å². The Morgan fingerprint density at radius 3 is 2.47 bits per heavy atom. The van der Waals surface area contributed by atoms with Crippen molar-refractivity contribution in [3.63, 3.8) is 0 Å². The lowest BCUT2D eigenvalue weighted by Gasteiger charge is -2.40. The van der Waals surface area contributed by atoms with Crippen LogP contribution in [-0.4, -0.2) is 24.8 Å². The van der Waals surface area contributed by atoms with Crippen molar-refractivity contribution in [3.8, 4) is 0 Å². The zero-order valence-corrected chi connectivity index (χ0v) is 10.2. The molecule has 0 bridgehead atoms. The standard InChI is InChI=1S/C14H20O3/c1-3-6-12(15)13(7-4-2)8-5-9-14(13)16-10-11-17-14/h3-4H,1-2,5-11H2/t13-/m1/s1. The van der Waals surface area contributed by atoms with Gasteiger partial charge >= 0.3 is 0 Å². The summed E-state index contributed by atoms with van der Waals surface area (Å²) in [6, 6.07) is 0. The predicted molar refractivity (Wildman–Crippen MR) is 65.6 cm³/mol. The number of allylic oxidation sites excluding steroid dienone is 2. The summed E-state index contributed by atoms with van der Waals surface area (Å²) in [5, 5.41) is 0. The number of rotatable bonds is 5. The second kappa shape index (κ2) is 4.75. The van der Waals surface area contributed by atoms with Crippen molar-refractivity contribution in [2.24, 2.45) is 5.41 Å². The minimum Gasteiger partial charge on any atom is -0.346 e. The summed E-state index contributed by atoms with van der Waals surface area (Å²) in [4.78, 5) is 12.4. The van der Waals surface area contributed by atoms with Crippen LogP contribution in [0.3, 0.4) is 0 Å². The summed E-state index contributed by atoms with van der Waals surface area (Å²) >= 11 is 0. The van der Waals surface area contributed by atoms with Crippen molar-refractivity contribution in [1.82, 2.24) is 0 Å². The van der Waals surface area contributed by atoms with Crippen molar-refractivity contribution < 1.29 is 14.3 Å². The van der Waals surface area contributed by atoms with E-state index in [9.17, 15) is 4.79 Å². The van der Waals surface area contributed by atoms with Crippen molar-refractivity contribution >= 4 is 5.78 Å². The number of carbonyl (C=O) groups excluding carboxylic acids is 1. The molecule has 1 saturated carbocycles. The predicted octanol–water partition coefficient (Wildman–Crippen LogP) is 2.62. The molecule has 2 rings (SSSR count). The van der Waals surface area contributed by atoms with E-state index in [-0.39, 0.29) is 5.78 Å². The van der Waals surface area contributed by atoms with Gasteiger partial charge in [0.05, 0.1) is 18.6 Å². The SMILES string of the molecule is C=CCC(=O)[C@@]1(CC=C)CCCC12OCCO2. The topological polar surface area (TPSA) is 35.5 Å². The van der Waals surface area contributed by atoms with E-state index in [2.05, 4.69) is 13.2 Å². The monoisotopic (exact) mass is 236 g/mol. The molecule has 0 aromatic carbocycles. The zero-order chi connectivity index (χ0) is 12.4. The first kappa shape index (κ1) is 12.5. The number of ether oxygens (including phenoxy) is 2. The molecule has 1 aliphatic heterocycles. The molecule has 94 valence electrons. The Hall–Kier alpha value is -0.930. The van der Waals surface area contributed by atoms with Gasteiger partial charge in [0.15, 0.2) is 5.79 Å². The molecule has 1 spiro atoms. The summed E-state index contributed by atoms with van der Waals surface area (Å²) in [6.45, 7) is 8.59. The molecule has 2 fully saturated rings. The van der Waals surface area contributed by atoms with Gasteiger partial charge in [-0.05, 0) is 19.3 Å². The lowest BCUT2D eigenvalue weighted by atomic mass is 9.73. The molecule has 17 heavy (non-hydrogen) atoms. The third-order valence-corrected chi connectivity index (χ3v) is 3.95. The zero-order valence-electron chi connectivity index (χ0n) is 10.2. The van der Waals surface area contributed by atoms with Crippen LogP contribution in [0.5, 0.6) is 0 Å². The Kier molecular flexibility index (Phi) is 3.50. The number of Topliss-reactive ketones (excluding diaryl/α,β-unsaturated/α-hetero) is 1. The molecule has 1 atom stereocenters. The first-order valence-corrected chi connectivity index (χ1v) is 6.24. The fraction of sp³-hybridized carbons (Fsp3) is 0.643. The van der Waals surface area contributed by atoms with Crippen LogP contribution >= 0.6 is 0 Å². The van der Waals surface area contributed by atoms with Gasteiger partial charge in [0.1, 0.15) is 5.78 Å². The third-order valence-electron chi connectivity index (χ3n) is 3.95. The van der Waals surface area contributed by atoms with Gasteiger partial charge in [0.2, 0.25) is 0 Å². The average Bonchev–Trinajstić information content (AvgIpc) is 2.91. The quantitative estimate of drug-likeness (QED) is 0.688. The molecule has 0 aromatic rings. The van der Waals surface area contributed by atoms with Crippen LogP contribution in [0.15, 0.2) is 25.3 Å². The second-order valence-electron chi connectivity index (χ2n) is 4.79. The van der Waals surface area contributed by atoms with Crippen LogP contribution in [0.2, 0.25) is 0 Å². The van der Waals surface area contributed by atoms with E-state index in [0.29, 0.717) is 26.1 Å². The molecule has 0 unspecified atom stereocenters. The minimum atomic E-state index is -0.693. The van der Waals surface area contributed by atoms with Crippen LogP contribution in [0, 0.1) is 5.41 Å². The molecule has 1 heterocycles. The van der Waals surface area contributed by atoms with Crippen molar-refractivity contribution in [1.29, 1.82) is 0 Å². The maximum Gasteiger partial charge on any atom is 0.181 e. The Bertz CT molecular complexity index is 323. The average molecular weight is 236 g/mol. The lowest BCUT2D eigenvalue weighted by molar-refractivity contribution is -0.218. The highest BCUT2D eigenvalue weighted by molar-refractivity contribution is 5.87. The van der Waals surface area contributed by atoms with Crippen LogP contribution in [0.4, 0.5) is 0 Å². The molecule has 1 aliphatic carbocycles. The molecule has 0 radical (unpaired) electrons. The van der Waals surface area contributed by atoms with Crippen LogP contribution in [0.1, 0.15) is 32.1 Å². The fourth-order valence-corrected chi connectivity index (χ4v) is 3.22. The van der Waals surface area contributed by atoms with E-state index in [1.807, 2.05) is 0 Å². The van der Waals surface area contributed by atoms with Crippen LogP contribution in [0.25, 0.3) is 0 Å². The number of ketones is 1. The highest BCUT2D eigenvalue weighted by Gasteiger charge is 2.61. The first-order valence-electron chi connectivity index (χ1n) is 6.24. The maximum absolute atomic E-state index is 12.4. The number of carbonyl (C=O) groups is 1. The van der Waals surface area contributed by atoms with Gasteiger partial charge in [-0.1, -0.05) is 12.2 Å². The summed E-state index contributed by atoms with van der Waals surface area (Å²) in [5.41, 5.74) is -0.542. The van der Waals surface area contributed by atoms with E-state index in [1.54, 1.807) is 12.2 Å². The van der Waals surface area contributed by atoms with Crippen molar-refractivity contribution in [2.45, 2.75) is 37.9 Å². The molecule has 0 amide bonds.